The molecule has 274 valence electrons. The van der Waals surface area contributed by atoms with Crippen molar-refractivity contribution in [3.63, 3.8) is 0 Å². The van der Waals surface area contributed by atoms with Gasteiger partial charge in [0.15, 0.2) is 0 Å². The van der Waals surface area contributed by atoms with E-state index in [1.165, 1.54) is 35.1 Å². The van der Waals surface area contributed by atoms with E-state index < -0.39 is 0 Å². The van der Waals surface area contributed by atoms with Crippen LogP contribution in [-0.4, -0.2) is 12.8 Å². The van der Waals surface area contributed by atoms with Crippen molar-refractivity contribution in [1.29, 1.82) is 0 Å². The van der Waals surface area contributed by atoms with Crippen molar-refractivity contribution in [2.24, 2.45) is 16.8 Å². The van der Waals surface area contributed by atoms with Crippen LogP contribution in [0.3, 0.4) is 0 Å². The van der Waals surface area contributed by atoms with Gasteiger partial charge in [-0.05, 0) is 90.7 Å². The fourth-order valence-electron chi connectivity index (χ4n) is 3.05. The summed E-state index contributed by atoms with van der Waals surface area (Å²) in [5.74, 6) is 5.22. The zero-order valence-corrected chi connectivity index (χ0v) is 35.4. The predicted octanol–water partition coefficient (Wildman–Crippen LogP) is 14.9. The van der Waals surface area contributed by atoms with Crippen LogP contribution in [0, 0.1) is 5.92 Å². The number of nitrogens with two attached hydrogens (primary N) is 1. The standard InChI is InChI=1S/C21H33N.C7H14.C4H8.C3H8N2.4C2H6/c1-10-19(13-12-15(3)4)14-17(7)21(18(8)22-9)20(11-2)16(5)6;1-4-6-7(3)5-2;1-3-4-2;1-3(2)5-4;4*1-2/h11-13,17H,2,5,10,14H2,1,3-4,6-9H3;6H,4-5H2,1-3H3;3H,1,4H2,2H3;5H,1,4H2,2H3;4*1-2H3/b19-13+,21-20-,22-18?;7-6+;;;;;;. The molecular formula is C43H87N3. The smallest absolute Gasteiger partial charge is 0.0354 e. The molecule has 1 atom stereocenters. The highest BCUT2D eigenvalue weighted by atomic mass is 15.2. The summed E-state index contributed by atoms with van der Waals surface area (Å²) in [5, 5.41) is 0. The molecule has 0 bridgehead atoms. The summed E-state index contributed by atoms with van der Waals surface area (Å²) in [6.07, 6.45) is 16.1. The molecular weight excluding hydrogens is 558 g/mol. The Morgan fingerprint density at radius 2 is 1.17 bits per heavy atom. The van der Waals surface area contributed by atoms with E-state index in [1.807, 2.05) is 81.5 Å². The first-order chi connectivity index (χ1) is 21.8. The summed E-state index contributed by atoms with van der Waals surface area (Å²) in [7, 11) is 1.85. The molecule has 0 heterocycles. The topological polar surface area (TPSA) is 50.4 Å². The van der Waals surface area contributed by atoms with Gasteiger partial charge >= 0.3 is 0 Å². The molecule has 0 saturated carbocycles. The average Bonchev–Trinajstić information content (AvgIpc) is 3.08. The van der Waals surface area contributed by atoms with E-state index >= 15 is 0 Å². The molecule has 0 fully saturated rings. The van der Waals surface area contributed by atoms with E-state index in [4.69, 9.17) is 5.84 Å². The van der Waals surface area contributed by atoms with E-state index in [-0.39, 0.29) is 0 Å². The first kappa shape index (κ1) is 62.2. The molecule has 0 aliphatic carbocycles. The summed E-state index contributed by atoms with van der Waals surface area (Å²) in [5.41, 5.74) is 11.9. The fourth-order valence-corrected chi connectivity index (χ4v) is 3.05. The lowest BCUT2D eigenvalue weighted by atomic mass is 9.84. The molecule has 0 aromatic rings. The van der Waals surface area contributed by atoms with E-state index in [0.29, 0.717) is 5.92 Å². The Kier molecular flexibility index (Phi) is 74.1. The summed E-state index contributed by atoms with van der Waals surface area (Å²) >= 11 is 0. The third kappa shape index (κ3) is 51.0. The largest absolute Gasteiger partial charge is 0.329 e. The SMILES string of the molecule is C=C(C)NN.C=C/C(C(=C)C)=C(/C(C)=NC)C(C)C/C(=C/C=C(C)C)CC.C=CCC.CC.CC.CC.CC.CC/C=C(\C)CC. The lowest BCUT2D eigenvalue weighted by molar-refractivity contribution is 0.675. The highest BCUT2D eigenvalue weighted by Crippen LogP contribution is 2.28. The summed E-state index contributed by atoms with van der Waals surface area (Å²) in [4.78, 5) is 4.41. The van der Waals surface area contributed by atoms with Gasteiger partial charge in [0.25, 0.3) is 0 Å². The van der Waals surface area contributed by atoms with Gasteiger partial charge in [-0.3, -0.25) is 10.8 Å². The molecule has 0 rings (SSSR count). The molecule has 3 heteroatoms. The van der Waals surface area contributed by atoms with Gasteiger partial charge < -0.3 is 5.43 Å². The number of nitrogens with zero attached hydrogens (tertiary/aromatic N) is 1. The minimum Gasteiger partial charge on any atom is -0.329 e. The Bertz CT molecular complexity index is 826. The number of aliphatic imine (C=N–C) groups is 1. The quantitative estimate of drug-likeness (QED) is 0.0729. The van der Waals surface area contributed by atoms with Gasteiger partial charge in [-0.15, -0.1) is 6.58 Å². The Labute approximate surface area is 293 Å². The van der Waals surface area contributed by atoms with Gasteiger partial charge in [0, 0.05) is 18.5 Å². The van der Waals surface area contributed by atoms with Crippen LogP contribution in [0.1, 0.15) is 164 Å². The number of hydrogen-bond acceptors (Lipinski definition) is 3. The minimum atomic E-state index is 0.394. The molecule has 0 aliphatic heterocycles. The van der Waals surface area contributed by atoms with Gasteiger partial charge in [0.1, 0.15) is 0 Å². The molecule has 0 saturated heterocycles. The van der Waals surface area contributed by atoms with Crippen molar-refractivity contribution < 1.29 is 0 Å². The first-order valence-corrected chi connectivity index (χ1v) is 18.0. The Morgan fingerprint density at radius 1 is 0.761 bits per heavy atom. The summed E-state index contributed by atoms with van der Waals surface area (Å²) < 4.78 is 0. The van der Waals surface area contributed by atoms with E-state index in [1.54, 1.807) is 6.92 Å². The zero-order valence-electron chi connectivity index (χ0n) is 35.4. The fraction of sp³-hybridized carbons (Fsp3) is 0.605. The zero-order chi connectivity index (χ0) is 38.7. The van der Waals surface area contributed by atoms with Gasteiger partial charge in [0.2, 0.25) is 0 Å². The lowest BCUT2D eigenvalue weighted by Crippen LogP contribution is -2.17. The molecule has 0 aromatic heterocycles. The van der Waals surface area contributed by atoms with E-state index in [2.05, 4.69) is 117 Å². The highest BCUT2D eigenvalue weighted by Gasteiger charge is 2.17. The number of hydrazine groups is 1. The first-order valence-electron chi connectivity index (χ1n) is 18.0. The second-order valence-corrected chi connectivity index (χ2v) is 9.58. The van der Waals surface area contributed by atoms with Crippen molar-refractivity contribution in [1.82, 2.24) is 5.43 Å². The maximum Gasteiger partial charge on any atom is 0.0354 e. The maximum atomic E-state index is 4.82. The molecule has 1 unspecified atom stereocenters. The number of allylic oxidation sites excluding steroid dienone is 12. The van der Waals surface area contributed by atoms with Gasteiger partial charge in [-0.25, -0.2) is 0 Å². The Hall–Kier alpha value is -2.65. The Morgan fingerprint density at radius 3 is 1.37 bits per heavy atom. The van der Waals surface area contributed by atoms with Crippen molar-refractivity contribution >= 4 is 5.71 Å². The van der Waals surface area contributed by atoms with Crippen LogP contribution in [0.15, 0.2) is 101 Å². The van der Waals surface area contributed by atoms with Crippen molar-refractivity contribution in [2.75, 3.05) is 7.05 Å². The second-order valence-electron chi connectivity index (χ2n) is 9.58. The monoisotopic (exact) mass is 646 g/mol. The molecule has 3 nitrogen and oxygen atoms in total. The summed E-state index contributed by atoms with van der Waals surface area (Å²) in [6.45, 7) is 54.2. The minimum absolute atomic E-state index is 0.394. The third-order valence-corrected chi connectivity index (χ3v) is 5.49. The van der Waals surface area contributed by atoms with Crippen LogP contribution < -0.4 is 11.3 Å². The lowest BCUT2D eigenvalue weighted by Gasteiger charge is -2.21. The number of hydrogen-bond donors (Lipinski definition) is 2. The molecule has 46 heavy (non-hydrogen) atoms. The third-order valence-electron chi connectivity index (χ3n) is 5.49. The Balaban J connectivity index is -0.0000000816. The van der Waals surface area contributed by atoms with Crippen LogP contribution in [-0.2, 0) is 0 Å². The molecule has 0 spiro atoms. The normalized spacial score (nSPS) is 10.8. The molecule has 0 aliphatic rings. The van der Waals surface area contributed by atoms with E-state index in [0.717, 1.165) is 41.8 Å². The molecule has 0 aromatic carbocycles. The summed E-state index contributed by atoms with van der Waals surface area (Å²) in [6, 6.07) is 0. The van der Waals surface area contributed by atoms with Crippen molar-refractivity contribution in [3.8, 4) is 0 Å². The van der Waals surface area contributed by atoms with Crippen LogP contribution in [0.4, 0.5) is 0 Å². The van der Waals surface area contributed by atoms with Gasteiger partial charge in [-0.1, -0.05) is 162 Å². The second kappa shape index (κ2) is 54.8. The molecule has 0 radical (unpaired) electrons. The predicted molar refractivity (Wildman–Crippen MR) is 225 cm³/mol. The van der Waals surface area contributed by atoms with Crippen LogP contribution >= 0.6 is 0 Å². The van der Waals surface area contributed by atoms with Gasteiger partial charge in [0.05, 0.1) is 0 Å². The number of rotatable bonds is 12. The number of nitrogens with one attached hydrogen (secondary N) is 1. The van der Waals surface area contributed by atoms with E-state index in [9.17, 15) is 0 Å². The highest BCUT2D eigenvalue weighted by molar-refractivity contribution is 6.00. The molecule has 3 N–H and O–H groups in total. The maximum absolute atomic E-state index is 4.82. The van der Waals surface area contributed by atoms with Gasteiger partial charge in [-0.2, -0.15) is 0 Å². The van der Waals surface area contributed by atoms with Crippen LogP contribution in [0.25, 0.3) is 0 Å². The molecule has 0 amide bonds. The van der Waals surface area contributed by atoms with Crippen LogP contribution in [0.5, 0.6) is 0 Å². The average molecular weight is 646 g/mol. The van der Waals surface area contributed by atoms with Crippen LogP contribution in [0.2, 0.25) is 0 Å². The van der Waals surface area contributed by atoms with Crippen molar-refractivity contribution in [2.45, 2.75) is 164 Å². The van der Waals surface area contributed by atoms with Crippen molar-refractivity contribution in [3.05, 3.63) is 95.8 Å².